The molecule has 1 aromatic rings. The number of alkyl halides is 3. The zero-order chi connectivity index (χ0) is 15.6. The largest absolute Gasteiger partial charge is 0.419 e. The lowest BCUT2D eigenvalue weighted by molar-refractivity contribution is -0.138. The molecule has 1 fully saturated rings. The molecule has 0 bridgehead atoms. The van der Waals surface area contributed by atoms with Gasteiger partial charge in [-0.1, -0.05) is 0 Å². The van der Waals surface area contributed by atoms with Crippen molar-refractivity contribution in [2.24, 2.45) is 0 Å². The number of nitrogens with two attached hydrogens (primary N) is 1. The highest BCUT2D eigenvalue weighted by Gasteiger charge is 2.35. The van der Waals surface area contributed by atoms with Crippen LogP contribution in [0.3, 0.4) is 0 Å². The predicted octanol–water partition coefficient (Wildman–Crippen LogP) is 2.35. The summed E-state index contributed by atoms with van der Waals surface area (Å²) in [5, 5.41) is 2.56. The van der Waals surface area contributed by atoms with Gasteiger partial charge in [-0.05, 0) is 34.8 Å². The summed E-state index contributed by atoms with van der Waals surface area (Å²) < 4.78 is 42.9. The van der Waals surface area contributed by atoms with E-state index < -0.39 is 22.3 Å². The molecule has 1 aliphatic rings. The number of pyridine rings is 1. The van der Waals surface area contributed by atoms with Gasteiger partial charge in [-0.25, -0.2) is 4.98 Å². The molecule has 1 atom stereocenters. The van der Waals surface area contributed by atoms with Crippen molar-refractivity contribution in [3.8, 4) is 0 Å². The molecule has 0 radical (unpaired) electrons. The normalized spacial score (nSPS) is 18.8. The Morgan fingerprint density at radius 3 is 2.86 bits per heavy atom. The van der Waals surface area contributed by atoms with E-state index in [9.17, 15) is 18.0 Å². The van der Waals surface area contributed by atoms with Crippen molar-refractivity contribution in [3.63, 3.8) is 0 Å². The highest BCUT2D eigenvalue weighted by molar-refractivity contribution is 9.10. The smallest absolute Gasteiger partial charge is 0.397 e. The average molecular weight is 368 g/mol. The summed E-state index contributed by atoms with van der Waals surface area (Å²) in [6.45, 7) is 0.922. The maximum absolute atomic E-state index is 12.7. The first-order valence-electron chi connectivity index (χ1n) is 6.22. The van der Waals surface area contributed by atoms with Crippen LogP contribution in [-0.2, 0) is 10.9 Å². The van der Waals surface area contributed by atoms with Gasteiger partial charge in [0.15, 0.2) is 5.69 Å². The van der Waals surface area contributed by atoms with Crippen molar-refractivity contribution in [1.29, 1.82) is 0 Å². The number of halogens is 4. The average Bonchev–Trinajstić information content (AvgIpc) is 2.90. The molecule has 9 heteroatoms. The van der Waals surface area contributed by atoms with E-state index in [0.29, 0.717) is 12.7 Å². The van der Waals surface area contributed by atoms with Gasteiger partial charge in [0.1, 0.15) is 4.60 Å². The third kappa shape index (κ3) is 3.85. The summed E-state index contributed by atoms with van der Waals surface area (Å²) in [7, 11) is 0. The fourth-order valence-corrected chi connectivity index (χ4v) is 2.50. The topological polar surface area (TPSA) is 77.2 Å². The monoisotopic (exact) mass is 367 g/mol. The Morgan fingerprint density at radius 2 is 2.29 bits per heavy atom. The van der Waals surface area contributed by atoms with E-state index in [-0.39, 0.29) is 24.0 Å². The van der Waals surface area contributed by atoms with Gasteiger partial charge in [-0.3, -0.25) is 4.79 Å². The number of ether oxygens (including phenoxy) is 1. The molecule has 2 heterocycles. The van der Waals surface area contributed by atoms with Crippen LogP contribution in [0.15, 0.2) is 10.7 Å². The van der Waals surface area contributed by atoms with Crippen LogP contribution >= 0.6 is 15.9 Å². The van der Waals surface area contributed by atoms with Crippen LogP contribution in [0.5, 0.6) is 0 Å². The van der Waals surface area contributed by atoms with Gasteiger partial charge in [0.2, 0.25) is 0 Å². The first kappa shape index (κ1) is 16.0. The molecule has 0 spiro atoms. The van der Waals surface area contributed by atoms with E-state index in [1.54, 1.807) is 0 Å². The minimum Gasteiger partial charge on any atom is -0.397 e. The molecule has 21 heavy (non-hydrogen) atoms. The van der Waals surface area contributed by atoms with Crippen molar-refractivity contribution >= 4 is 27.5 Å². The third-order valence-electron chi connectivity index (χ3n) is 3.04. The van der Waals surface area contributed by atoms with E-state index in [2.05, 4.69) is 26.2 Å². The molecule has 3 N–H and O–H groups in total. The van der Waals surface area contributed by atoms with Gasteiger partial charge in [0, 0.05) is 13.2 Å². The SMILES string of the molecule is Nc1cc(C(F)(F)F)c(Br)nc1C(=O)NC[C@@H]1CCCO1. The molecular formula is C12H13BrF3N3O2. The van der Waals surface area contributed by atoms with Gasteiger partial charge >= 0.3 is 6.18 Å². The van der Waals surface area contributed by atoms with Crippen LogP contribution in [0.1, 0.15) is 28.9 Å². The third-order valence-corrected chi connectivity index (χ3v) is 3.64. The molecule has 116 valence electrons. The van der Waals surface area contributed by atoms with E-state index in [4.69, 9.17) is 10.5 Å². The number of carbonyl (C=O) groups excluding carboxylic acids is 1. The summed E-state index contributed by atoms with van der Waals surface area (Å²) in [5.41, 5.74) is 3.91. The van der Waals surface area contributed by atoms with Gasteiger partial charge in [-0.2, -0.15) is 13.2 Å². The second-order valence-corrected chi connectivity index (χ2v) is 5.36. The van der Waals surface area contributed by atoms with Gasteiger partial charge in [0.05, 0.1) is 17.4 Å². The standard InChI is InChI=1S/C12H13BrF3N3O2/c13-10-7(12(14,15)16)4-8(17)9(19-10)11(20)18-5-6-2-1-3-21-6/h4,6H,1-3,5,17H2,(H,18,20)/t6-/m0/s1. The maximum Gasteiger partial charge on any atom is 0.419 e. The quantitative estimate of drug-likeness (QED) is 0.804. The zero-order valence-electron chi connectivity index (χ0n) is 10.8. The Labute approximate surface area is 127 Å². The molecule has 2 rings (SSSR count). The number of amides is 1. The molecule has 5 nitrogen and oxygen atoms in total. The molecular weight excluding hydrogens is 355 g/mol. The van der Waals surface area contributed by atoms with Crippen molar-refractivity contribution in [2.75, 3.05) is 18.9 Å². The van der Waals surface area contributed by atoms with Crippen LogP contribution in [0.2, 0.25) is 0 Å². The molecule has 0 aromatic carbocycles. The minimum absolute atomic E-state index is 0.0759. The Morgan fingerprint density at radius 1 is 1.57 bits per heavy atom. The van der Waals surface area contributed by atoms with Crippen molar-refractivity contribution in [2.45, 2.75) is 25.1 Å². The van der Waals surface area contributed by atoms with E-state index >= 15 is 0 Å². The van der Waals surface area contributed by atoms with E-state index in [0.717, 1.165) is 12.8 Å². The van der Waals surface area contributed by atoms with Crippen molar-refractivity contribution in [1.82, 2.24) is 10.3 Å². The van der Waals surface area contributed by atoms with Crippen LogP contribution in [0.25, 0.3) is 0 Å². The first-order valence-corrected chi connectivity index (χ1v) is 7.01. The number of hydrogen-bond acceptors (Lipinski definition) is 4. The number of rotatable bonds is 3. The highest BCUT2D eigenvalue weighted by atomic mass is 79.9. The number of nitrogens with one attached hydrogen (secondary N) is 1. The van der Waals surface area contributed by atoms with Crippen molar-refractivity contribution < 1.29 is 22.7 Å². The number of hydrogen-bond donors (Lipinski definition) is 2. The molecule has 0 aliphatic carbocycles. The number of nitrogen functional groups attached to an aromatic ring is 1. The predicted molar refractivity (Wildman–Crippen MR) is 72.7 cm³/mol. The van der Waals surface area contributed by atoms with Gasteiger partial charge in [0.25, 0.3) is 5.91 Å². The Bertz CT molecular complexity index is 545. The second-order valence-electron chi connectivity index (χ2n) is 4.61. The molecule has 0 unspecified atom stereocenters. The lowest BCUT2D eigenvalue weighted by Crippen LogP contribution is -2.33. The number of aromatic nitrogens is 1. The molecule has 1 aliphatic heterocycles. The Hall–Kier alpha value is -1.35. The molecule has 1 saturated heterocycles. The zero-order valence-corrected chi connectivity index (χ0v) is 12.4. The molecule has 1 amide bonds. The lowest BCUT2D eigenvalue weighted by Gasteiger charge is -2.14. The van der Waals surface area contributed by atoms with Gasteiger partial charge in [-0.15, -0.1) is 0 Å². The fourth-order valence-electron chi connectivity index (χ4n) is 1.98. The Kier molecular flexibility index (Phi) is 4.72. The molecule has 0 saturated carbocycles. The highest BCUT2D eigenvalue weighted by Crippen LogP contribution is 2.35. The second kappa shape index (κ2) is 6.18. The molecule has 1 aromatic heterocycles. The van der Waals surface area contributed by atoms with Crippen molar-refractivity contribution in [3.05, 3.63) is 21.9 Å². The van der Waals surface area contributed by atoms with E-state index in [1.165, 1.54) is 0 Å². The fraction of sp³-hybridized carbons (Fsp3) is 0.500. The summed E-state index contributed by atoms with van der Waals surface area (Å²) in [6.07, 6.45) is -2.91. The first-order chi connectivity index (χ1) is 9.79. The Balaban J connectivity index is 2.12. The van der Waals surface area contributed by atoms with Crippen LogP contribution in [-0.4, -0.2) is 30.1 Å². The van der Waals surface area contributed by atoms with Crippen LogP contribution in [0.4, 0.5) is 18.9 Å². The number of carbonyl (C=O) groups is 1. The summed E-state index contributed by atoms with van der Waals surface area (Å²) in [5.74, 6) is -0.627. The lowest BCUT2D eigenvalue weighted by atomic mass is 10.2. The summed E-state index contributed by atoms with van der Waals surface area (Å²) in [4.78, 5) is 15.5. The minimum atomic E-state index is -4.59. The van der Waals surface area contributed by atoms with Crippen LogP contribution in [0, 0.1) is 0 Å². The van der Waals surface area contributed by atoms with Crippen LogP contribution < -0.4 is 11.1 Å². The van der Waals surface area contributed by atoms with Gasteiger partial charge < -0.3 is 15.8 Å². The maximum atomic E-state index is 12.7. The summed E-state index contributed by atoms with van der Waals surface area (Å²) in [6, 6.07) is 0.693. The number of nitrogens with zero attached hydrogens (tertiary/aromatic N) is 1. The van der Waals surface area contributed by atoms with E-state index in [1.807, 2.05) is 0 Å². The summed E-state index contributed by atoms with van der Waals surface area (Å²) >= 11 is 2.71. The number of anilines is 1.